The second kappa shape index (κ2) is 78.0. The van der Waals surface area contributed by atoms with Gasteiger partial charge in [-0.15, -0.1) is 0 Å². The maximum absolute atomic E-state index is 12.8. The molecule has 12 heteroatoms. The predicted octanol–water partition coefficient (Wildman–Crippen LogP) is 25.0. The van der Waals surface area contributed by atoms with Crippen LogP contribution in [0.5, 0.6) is 0 Å². The summed E-state index contributed by atoms with van der Waals surface area (Å²) in [5.41, 5.74) is 0. The molecule has 2 amide bonds. The van der Waals surface area contributed by atoms with Crippen LogP contribution in [0.3, 0.4) is 0 Å². The van der Waals surface area contributed by atoms with E-state index in [9.17, 15) is 19.2 Å². The van der Waals surface area contributed by atoms with E-state index >= 15 is 0 Å². The average molecular weight is 1390 g/mol. The van der Waals surface area contributed by atoms with Crippen LogP contribution in [0, 0.1) is 23.7 Å². The molecule has 0 aliphatic heterocycles. The molecule has 5 atom stereocenters. The van der Waals surface area contributed by atoms with Gasteiger partial charge in [0.1, 0.15) is 19.8 Å². The Hall–Kier alpha value is -3.12. The highest BCUT2D eigenvalue weighted by Gasteiger charge is 2.23. The fourth-order valence-electron chi connectivity index (χ4n) is 14.6. The molecule has 0 radical (unpaired) electrons. The third-order valence-electron chi connectivity index (χ3n) is 20.6. The van der Waals surface area contributed by atoms with E-state index in [0.717, 1.165) is 75.0 Å². The topological polar surface area (TPSA) is 148 Å². The second-order valence-electron chi connectivity index (χ2n) is 29.4. The first-order valence-electron chi connectivity index (χ1n) is 42.7. The first-order valence-corrected chi connectivity index (χ1v) is 42.7. The number of hydrogen-bond acceptors (Lipinski definition) is 10. The van der Waals surface area contributed by atoms with E-state index in [0.29, 0.717) is 71.8 Å². The van der Waals surface area contributed by atoms with E-state index < -0.39 is 0 Å². The van der Waals surface area contributed by atoms with Crippen LogP contribution in [0.15, 0.2) is 25.7 Å². The van der Waals surface area contributed by atoms with Gasteiger partial charge < -0.3 is 39.1 Å². The van der Waals surface area contributed by atoms with Crippen LogP contribution in [0.2, 0.25) is 0 Å². The molecule has 0 saturated carbocycles. The lowest BCUT2D eigenvalue weighted by Crippen LogP contribution is -2.34. The zero-order valence-electron chi connectivity index (χ0n) is 65.6. The number of nitrogens with one attached hydrogen (secondary N) is 2. The lowest BCUT2D eigenvalue weighted by molar-refractivity contribution is -0.150. The van der Waals surface area contributed by atoms with Crippen molar-refractivity contribution < 1.29 is 47.6 Å². The second-order valence-corrected chi connectivity index (χ2v) is 29.4. The van der Waals surface area contributed by atoms with E-state index in [4.69, 9.17) is 28.4 Å². The summed E-state index contributed by atoms with van der Waals surface area (Å²) in [7, 11) is 0. The summed E-state index contributed by atoms with van der Waals surface area (Å²) in [5, 5.41) is 6.13. The molecular formula is C86H164N2O10. The SMILES string of the molecule is C=COCCOCCOC(=O)CCCCCCCCC(CCCCCCCC)C(CCCCCCCC)CCCCCCCCC(=O)NCCNC(=O)CCCCCCCCC(CCCCCCCC)C(CCCCCCCC)CCCCCCCCC(=O)OCCOC(C)OC=C. The van der Waals surface area contributed by atoms with Crippen molar-refractivity contribution in [1.82, 2.24) is 10.6 Å². The van der Waals surface area contributed by atoms with Gasteiger partial charge in [0.2, 0.25) is 11.8 Å². The third kappa shape index (κ3) is 68.6. The number of carbonyl (C=O) groups is 4. The van der Waals surface area contributed by atoms with Gasteiger partial charge in [-0.3, -0.25) is 19.2 Å². The number of ether oxygens (including phenoxy) is 6. The van der Waals surface area contributed by atoms with Gasteiger partial charge in [0, 0.05) is 38.8 Å². The van der Waals surface area contributed by atoms with E-state index in [-0.39, 0.29) is 36.6 Å². The molecule has 0 aromatic heterocycles. The Balaban J connectivity index is 4.78. The van der Waals surface area contributed by atoms with Crippen LogP contribution in [-0.2, 0) is 47.6 Å². The lowest BCUT2D eigenvalue weighted by Gasteiger charge is -2.28. The normalized spacial score (nSPS) is 13.0. The lowest BCUT2D eigenvalue weighted by atomic mass is 9.78. The average Bonchev–Trinajstić information content (AvgIpc) is 1.03. The molecule has 0 saturated heterocycles. The first kappa shape index (κ1) is 94.9. The summed E-state index contributed by atoms with van der Waals surface area (Å²) < 4.78 is 31.7. The molecule has 0 spiro atoms. The van der Waals surface area contributed by atoms with Crippen molar-refractivity contribution in [2.45, 2.75) is 426 Å². The van der Waals surface area contributed by atoms with Crippen molar-refractivity contribution in [2.75, 3.05) is 52.7 Å². The fraction of sp³-hybridized carbons (Fsp3) is 0.907. The molecule has 0 heterocycles. The first-order chi connectivity index (χ1) is 48.1. The maximum atomic E-state index is 12.8. The van der Waals surface area contributed by atoms with Crippen molar-refractivity contribution in [1.29, 1.82) is 0 Å². The van der Waals surface area contributed by atoms with Crippen LogP contribution in [0.4, 0.5) is 0 Å². The molecule has 0 aromatic carbocycles. The predicted molar refractivity (Wildman–Crippen MR) is 415 cm³/mol. The molecule has 0 aliphatic rings. The van der Waals surface area contributed by atoms with Gasteiger partial charge in [-0.25, -0.2) is 0 Å². The molecule has 12 nitrogen and oxygen atoms in total. The minimum atomic E-state index is -0.390. The van der Waals surface area contributed by atoms with Crippen molar-refractivity contribution in [2.24, 2.45) is 23.7 Å². The van der Waals surface area contributed by atoms with Crippen molar-refractivity contribution >= 4 is 23.8 Å². The fourth-order valence-corrected chi connectivity index (χ4v) is 14.6. The highest BCUT2D eigenvalue weighted by molar-refractivity contribution is 5.77. The van der Waals surface area contributed by atoms with E-state index in [1.807, 2.05) is 0 Å². The van der Waals surface area contributed by atoms with Gasteiger partial charge in [-0.1, -0.05) is 375 Å². The van der Waals surface area contributed by atoms with Crippen LogP contribution in [0.25, 0.3) is 0 Å². The van der Waals surface area contributed by atoms with Crippen LogP contribution < -0.4 is 10.6 Å². The molecule has 0 aromatic rings. The molecule has 0 aliphatic carbocycles. The Bertz CT molecular complexity index is 1710. The number of esters is 2. The van der Waals surface area contributed by atoms with Crippen molar-refractivity contribution in [3.63, 3.8) is 0 Å². The Morgan fingerprint density at radius 2 is 0.561 bits per heavy atom. The zero-order valence-corrected chi connectivity index (χ0v) is 65.6. The molecular weight excluding hydrogens is 1220 g/mol. The molecule has 98 heavy (non-hydrogen) atoms. The summed E-state index contributed by atoms with van der Waals surface area (Å²) in [5.74, 6) is 3.35. The van der Waals surface area contributed by atoms with Crippen molar-refractivity contribution in [3.05, 3.63) is 25.7 Å². The number of carbonyl (C=O) groups excluding carboxylic acids is 4. The minimum Gasteiger partial charge on any atom is -0.499 e. The smallest absolute Gasteiger partial charge is 0.305 e. The van der Waals surface area contributed by atoms with Gasteiger partial charge in [0.05, 0.1) is 32.3 Å². The molecule has 0 fully saturated rings. The summed E-state index contributed by atoms with van der Waals surface area (Å²) in [4.78, 5) is 49.9. The minimum absolute atomic E-state index is 0.110. The molecule has 2 N–H and O–H groups in total. The van der Waals surface area contributed by atoms with Gasteiger partial charge >= 0.3 is 11.9 Å². The third-order valence-corrected chi connectivity index (χ3v) is 20.6. The Labute approximate surface area is 607 Å². The molecule has 0 rings (SSSR count). The van der Waals surface area contributed by atoms with Gasteiger partial charge in [-0.2, -0.15) is 0 Å². The van der Waals surface area contributed by atoms with Crippen LogP contribution >= 0.6 is 0 Å². The quantitative estimate of drug-likeness (QED) is 0.0261. The van der Waals surface area contributed by atoms with E-state index in [1.165, 1.54) is 321 Å². The van der Waals surface area contributed by atoms with Crippen LogP contribution in [0.1, 0.15) is 420 Å². The van der Waals surface area contributed by atoms with Crippen molar-refractivity contribution in [3.8, 4) is 0 Å². The Morgan fingerprint density at radius 1 is 0.306 bits per heavy atom. The zero-order chi connectivity index (χ0) is 71.4. The van der Waals surface area contributed by atoms with Gasteiger partial charge in [-0.05, 0) is 56.3 Å². The number of rotatable bonds is 82. The Kier molecular flexibility index (Phi) is 75.5. The summed E-state index contributed by atoms with van der Waals surface area (Å²) >= 11 is 0. The van der Waals surface area contributed by atoms with Gasteiger partial charge in [0.25, 0.3) is 0 Å². The van der Waals surface area contributed by atoms with E-state index in [1.54, 1.807) is 6.92 Å². The Morgan fingerprint density at radius 3 is 0.847 bits per heavy atom. The number of unbranched alkanes of at least 4 members (excludes halogenated alkanes) is 40. The number of amides is 2. The standard InChI is InChI=1S/C86H164N2O10/c1-8-14-18-22-34-46-58-79(81(60-48-36-24-20-16-10-3)64-52-40-28-32-44-56-68-85(91)97-75-74-94-73-72-93-12-5)62-50-38-26-30-42-54-66-83(89)87-70-71-88-84(90)67-55-43-31-27-39-51-63-80(59-47-35-23-19-15-9-2)82(61-49-37-25-21-17-11-4)65-53-41-29-33-45-57-69-86(92)98-77-76-96-78(7)95-13-6/h12-13,78-82H,5-6,8-11,14-77H2,1-4,7H3,(H,87,89)(H,88,90). The molecule has 5 unspecified atom stereocenters. The van der Waals surface area contributed by atoms with Gasteiger partial charge in [0.15, 0.2) is 6.29 Å². The maximum Gasteiger partial charge on any atom is 0.305 e. The number of hydrogen-bond donors (Lipinski definition) is 2. The summed E-state index contributed by atoms with van der Waals surface area (Å²) in [6, 6.07) is 0. The van der Waals surface area contributed by atoms with Crippen LogP contribution in [-0.4, -0.2) is 82.8 Å². The summed E-state index contributed by atoms with van der Waals surface area (Å²) in [6.07, 6.45) is 76.9. The monoisotopic (exact) mass is 1390 g/mol. The molecule has 0 bridgehead atoms. The highest BCUT2D eigenvalue weighted by Crippen LogP contribution is 2.36. The largest absolute Gasteiger partial charge is 0.499 e. The van der Waals surface area contributed by atoms with E-state index in [2.05, 4.69) is 51.5 Å². The highest BCUT2D eigenvalue weighted by atomic mass is 16.7. The molecule has 578 valence electrons. The summed E-state index contributed by atoms with van der Waals surface area (Å²) in [6.45, 7) is 21.3.